The second-order valence-electron chi connectivity index (χ2n) is 6.92. The predicted molar refractivity (Wildman–Crippen MR) is 107 cm³/mol. The standard InChI is InChI=1S/C21H23NO5S/c1-14-8-9-19-17(13-27-21(19)15(14)2)11-20(23)26-12-16-6-5-7-18(10-16)28(24,25)22(3)4/h5-10,13H,11-12H2,1-4H3. The third-order valence-corrected chi connectivity index (χ3v) is 6.56. The monoisotopic (exact) mass is 401 g/mol. The molecule has 0 amide bonds. The molecule has 0 radical (unpaired) electrons. The molecule has 3 rings (SSSR count). The van der Waals surface area contributed by atoms with Crippen LogP contribution in [0.25, 0.3) is 11.0 Å². The Kier molecular flexibility index (Phi) is 5.58. The van der Waals surface area contributed by atoms with Gasteiger partial charge in [-0.05, 0) is 42.7 Å². The summed E-state index contributed by atoms with van der Waals surface area (Å²) < 4.78 is 36.5. The van der Waals surface area contributed by atoms with Crippen molar-refractivity contribution >= 4 is 27.0 Å². The van der Waals surface area contributed by atoms with Crippen LogP contribution in [0.4, 0.5) is 0 Å². The van der Waals surface area contributed by atoms with Crippen molar-refractivity contribution in [1.82, 2.24) is 4.31 Å². The van der Waals surface area contributed by atoms with E-state index < -0.39 is 16.0 Å². The molecule has 0 spiro atoms. The minimum absolute atomic E-state index is 0.00351. The van der Waals surface area contributed by atoms with Gasteiger partial charge >= 0.3 is 5.97 Å². The molecule has 1 aromatic heterocycles. The second-order valence-corrected chi connectivity index (χ2v) is 9.07. The number of furan rings is 1. The number of fused-ring (bicyclic) bond motifs is 1. The maximum absolute atomic E-state index is 12.3. The Morgan fingerprint density at radius 3 is 2.61 bits per heavy atom. The highest BCUT2D eigenvalue weighted by atomic mass is 32.2. The molecule has 0 saturated heterocycles. The molecule has 7 heteroatoms. The van der Waals surface area contributed by atoms with E-state index in [0.717, 1.165) is 32.0 Å². The van der Waals surface area contributed by atoms with E-state index in [0.29, 0.717) is 5.56 Å². The lowest BCUT2D eigenvalue weighted by molar-refractivity contribution is -0.144. The van der Waals surface area contributed by atoms with Gasteiger partial charge in [0, 0.05) is 25.0 Å². The highest BCUT2D eigenvalue weighted by Crippen LogP contribution is 2.27. The first kappa shape index (κ1) is 20.1. The average Bonchev–Trinajstić information content (AvgIpc) is 3.06. The number of hydrogen-bond donors (Lipinski definition) is 0. The maximum Gasteiger partial charge on any atom is 0.310 e. The van der Waals surface area contributed by atoms with Gasteiger partial charge in [-0.15, -0.1) is 0 Å². The van der Waals surface area contributed by atoms with Gasteiger partial charge in [-0.25, -0.2) is 12.7 Å². The molecule has 148 valence electrons. The molecule has 2 aromatic carbocycles. The van der Waals surface area contributed by atoms with E-state index in [1.165, 1.54) is 26.2 Å². The summed E-state index contributed by atoms with van der Waals surface area (Å²) in [6.07, 6.45) is 1.67. The third-order valence-electron chi connectivity index (χ3n) is 4.75. The fourth-order valence-electron chi connectivity index (χ4n) is 2.90. The Balaban J connectivity index is 1.70. The van der Waals surface area contributed by atoms with Crippen molar-refractivity contribution in [2.75, 3.05) is 14.1 Å². The summed E-state index contributed by atoms with van der Waals surface area (Å²) in [6, 6.07) is 10.3. The summed E-state index contributed by atoms with van der Waals surface area (Å²) in [4.78, 5) is 12.4. The number of sulfonamides is 1. The largest absolute Gasteiger partial charge is 0.464 e. The Bertz CT molecular complexity index is 1130. The number of rotatable bonds is 6. The van der Waals surface area contributed by atoms with E-state index in [4.69, 9.17) is 9.15 Å². The zero-order valence-corrected chi connectivity index (χ0v) is 17.2. The molecular weight excluding hydrogens is 378 g/mol. The molecule has 0 saturated carbocycles. The highest BCUT2D eigenvalue weighted by Gasteiger charge is 2.18. The zero-order chi connectivity index (χ0) is 20.5. The molecule has 0 atom stereocenters. The Morgan fingerprint density at radius 2 is 1.89 bits per heavy atom. The molecule has 28 heavy (non-hydrogen) atoms. The lowest BCUT2D eigenvalue weighted by Crippen LogP contribution is -2.22. The minimum atomic E-state index is -3.53. The van der Waals surface area contributed by atoms with Gasteiger partial charge in [-0.2, -0.15) is 0 Å². The van der Waals surface area contributed by atoms with Crippen LogP contribution >= 0.6 is 0 Å². The van der Waals surface area contributed by atoms with Crippen LogP contribution < -0.4 is 0 Å². The number of carbonyl (C=O) groups is 1. The minimum Gasteiger partial charge on any atom is -0.464 e. The highest BCUT2D eigenvalue weighted by molar-refractivity contribution is 7.89. The van der Waals surface area contributed by atoms with Gasteiger partial charge in [-0.3, -0.25) is 4.79 Å². The van der Waals surface area contributed by atoms with Crippen molar-refractivity contribution in [3.8, 4) is 0 Å². The van der Waals surface area contributed by atoms with Crippen molar-refractivity contribution in [3.63, 3.8) is 0 Å². The van der Waals surface area contributed by atoms with Crippen molar-refractivity contribution < 1.29 is 22.4 Å². The molecule has 0 fully saturated rings. The summed E-state index contributed by atoms with van der Waals surface area (Å²) in [5, 5.41) is 0.902. The summed E-state index contributed by atoms with van der Waals surface area (Å²) in [5.74, 6) is -0.401. The van der Waals surface area contributed by atoms with Crippen LogP contribution in [0, 0.1) is 13.8 Å². The van der Waals surface area contributed by atoms with Gasteiger partial charge in [-0.1, -0.05) is 24.3 Å². The van der Waals surface area contributed by atoms with Crippen molar-refractivity contribution in [2.24, 2.45) is 0 Å². The van der Waals surface area contributed by atoms with E-state index in [-0.39, 0.29) is 17.9 Å². The van der Waals surface area contributed by atoms with E-state index in [9.17, 15) is 13.2 Å². The van der Waals surface area contributed by atoms with E-state index in [2.05, 4.69) is 0 Å². The number of ether oxygens (including phenoxy) is 1. The zero-order valence-electron chi connectivity index (χ0n) is 16.4. The van der Waals surface area contributed by atoms with Crippen LogP contribution in [-0.2, 0) is 32.6 Å². The molecule has 3 aromatic rings. The van der Waals surface area contributed by atoms with Crippen molar-refractivity contribution in [2.45, 2.75) is 31.8 Å². The Morgan fingerprint density at radius 1 is 1.14 bits per heavy atom. The van der Waals surface area contributed by atoms with E-state index in [1.54, 1.807) is 18.4 Å². The van der Waals surface area contributed by atoms with Crippen LogP contribution in [0.2, 0.25) is 0 Å². The Hall–Kier alpha value is -2.64. The van der Waals surface area contributed by atoms with Gasteiger partial charge in [0.15, 0.2) is 0 Å². The number of hydrogen-bond acceptors (Lipinski definition) is 5. The first-order valence-corrected chi connectivity index (χ1v) is 10.3. The fraction of sp³-hybridized carbons (Fsp3) is 0.286. The third kappa shape index (κ3) is 3.95. The lowest BCUT2D eigenvalue weighted by atomic mass is 10.0. The van der Waals surface area contributed by atoms with Gasteiger partial charge in [0.1, 0.15) is 12.2 Å². The molecular formula is C21H23NO5S. The number of benzene rings is 2. The van der Waals surface area contributed by atoms with Gasteiger partial charge in [0.25, 0.3) is 0 Å². The van der Waals surface area contributed by atoms with Gasteiger partial charge in [0.05, 0.1) is 17.6 Å². The smallest absolute Gasteiger partial charge is 0.310 e. The first-order valence-electron chi connectivity index (χ1n) is 8.83. The average molecular weight is 401 g/mol. The number of carbonyl (C=O) groups excluding carboxylic acids is 1. The SMILES string of the molecule is Cc1ccc2c(CC(=O)OCc3cccc(S(=O)(=O)N(C)C)c3)coc2c1C. The number of aryl methyl sites for hydroxylation is 2. The van der Waals surface area contributed by atoms with Crippen molar-refractivity contribution in [1.29, 1.82) is 0 Å². The topological polar surface area (TPSA) is 76.8 Å². The van der Waals surface area contributed by atoms with E-state index >= 15 is 0 Å². The molecule has 0 aliphatic heterocycles. The van der Waals surface area contributed by atoms with Crippen molar-refractivity contribution in [3.05, 3.63) is 64.9 Å². The second kappa shape index (κ2) is 7.77. The molecule has 0 N–H and O–H groups in total. The number of esters is 1. The molecule has 0 aliphatic rings. The van der Waals surface area contributed by atoms with Crippen LogP contribution in [0.15, 0.2) is 52.0 Å². The fourth-order valence-corrected chi connectivity index (χ4v) is 3.87. The summed E-state index contributed by atoms with van der Waals surface area (Å²) in [6.45, 7) is 4.00. The summed E-state index contributed by atoms with van der Waals surface area (Å²) in [7, 11) is -0.585. The van der Waals surface area contributed by atoms with Gasteiger partial charge in [0.2, 0.25) is 10.0 Å². The van der Waals surface area contributed by atoms with Crippen LogP contribution in [0.1, 0.15) is 22.3 Å². The van der Waals surface area contributed by atoms with Gasteiger partial charge < -0.3 is 9.15 Å². The molecule has 1 heterocycles. The quantitative estimate of drug-likeness (QED) is 0.590. The number of nitrogens with zero attached hydrogens (tertiary/aromatic N) is 1. The maximum atomic E-state index is 12.3. The summed E-state index contributed by atoms with van der Waals surface area (Å²) >= 11 is 0. The first-order chi connectivity index (χ1) is 13.2. The normalized spacial score (nSPS) is 11.9. The van der Waals surface area contributed by atoms with E-state index in [1.807, 2.05) is 26.0 Å². The van der Waals surface area contributed by atoms with Crippen LogP contribution in [0.5, 0.6) is 0 Å². The molecule has 0 bridgehead atoms. The lowest BCUT2D eigenvalue weighted by Gasteiger charge is -2.12. The molecule has 6 nitrogen and oxygen atoms in total. The summed E-state index contributed by atoms with van der Waals surface area (Å²) in [5.41, 5.74) is 4.34. The Labute approximate surface area is 164 Å². The predicted octanol–water partition coefficient (Wildman–Crippen LogP) is 3.59. The van der Waals surface area contributed by atoms with Crippen LogP contribution in [-0.4, -0.2) is 32.8 Å². The van der Waals surface area contributed by atoms with Crippen LogP contribution in [0.3, 0.4) is 0 Å². The molecule has 0 aliphatic carbocycles. The molecule has 0 unspecified atom stereocenters.